The maximum Gasteiger partial charge on any atom is 0.412 e. The molecule has 220 valence electrons. The molecule has 0 spiro atoms. The second kappa shape index (κ2) is 11.6. The van der Waals surface area contributed by atoms with Crippen molar-refractivity contribution in [1.82, 2.24) is 20.1 Å². The lowest BCUT2D eigenvalue weighted by Crippen LogP contribution is -2.52. The first kappa shape index (κ1) is 29.6. The number of nitrogens with zero attached hydrogens (tertiary/aromatic N) is 4. The number of nitrogens with one attached hydrogen (secondary N) is 3. The van der Waals surface area contributed by atoms with Gasteiger partial charge in [-0.3, -0.25) is 14.8 Å². The molecule has 0 unspecified atom stereocenters. The van der Waals surface area contributed by atoms with Gasteiger partial charge in [-0.25, -0.2) is 27.7 Å². The van der Waals surface area contributed by atoms with E-state index in [1.54, 1.807) is 32.7 Å². The molecule has 16 heteroatoms. The van der Waals surface area contributed by atoms with Gasteiger partial charge in [-0.1, -0.05) is 17.4 Å². The Morgan fingerprint density at radius 2 is 1.83 bits per heavy atom. The van der Waals surface area contributed by atoms with E-state index in [4.69, 9.17) is 9.84 Å². The van der Waals surface area contributed by atoms with Gasteiger partial charge in [0.05, 0.1) is 24.3 Å². The molecule has 3 heterocycles. The number of carbonyl (C=O) groups excluding carboxylic acids is 2. The number of piperidine rings is 1. The summed E-state index contributed by atoms with van der Waals surface area (Å²) >= 11 is 0.669. The van der Waals surface area contributed by atoms with Gasteiger partial charge in [0, 0.05) is 20.0 Å². The number of ether oxygens (including phenoxy) is 1. The summed E-state index contributed by atoms with van der Waals surface area (Å²) in [4.78, 5) is 42.8. The van der Waals surface area contributed by atoms with Crippen molar-refractivity contribution in [3.63, 3.8) is 0 Å². The lowest BCUT2D eigenvalue weighted by molar-refractivity contribution is 0.0636. The van der Waals surface area contributed by atoms with Crippen molar-refractivity contribution in [2.24, 2.45) is 7.05 Å². The number of rotatable bonds is 6. The molecule has 0 radical (unpaired) electrons. The third-order valence-corrected chi connectivity index (χ3v) is 6.80. The number of hydrogen-bond acceptors (Lipinski definition) is 8. The molecule has 2 atom stereocenters. The van der Waals surface area contributed by atoms with Gasteiger partial charge in [-0.2, -0.15) is 5.10 Å². The van der Waals surface area contributed by atoms with E-state index in [0.717, 1.165) is 12.1 Å². The largest absolute Gasteiger partial charge is 0.465 e. The van der Waals surface area contributed by atoms with Crippen LogP contribution in [0.5, 0.6) is 0 Å². The Hall–Kier alpha value is -4.34. The van der Waals surface area contributed by atoms with Crippen molar-refractivity contribution in [3.8, 4) is 10.6 Å². The lowest BCUT2D eigenvalue weighted by atomic mass is 10.0. The maximum atomic E-state index is 14.5. The molecule has 41 heavy (non-hydrogen) atoms. The zero-order valence-electron chi connectivity index (χ0n) is 22.5. The van der Waals surface area contributed by atoms with Gasteiger partial charge in [0.2, 0.25) is 0 Å². The van der Waals surface area contributed by atoms with Crippen molar-refractivity contribution in [1.29, 1.82) is 0 Å². The van der Waals surface area contributed by atoms with E-state index in [-0.39, 0.29) is 46.7 Å². The molecular formula is C25H28F3N7O5S. The smallest absolute Gasteiger partial charge is 0.412 e. The normalized spacial score (nSPS) is 17.2. The number of hydrogen-bond donors (Lipinski definition) is 4. The lowest BCUT2D eigenvalue weighted by Gasteiger charge is -2.36. The summed E-state index contributed by atoms with van der Waals surface area (Å²) < 4.78 is 50.2. The first-order valence-corrected chi connectivity index (χ1v) is 13.2. The Balaban J connectivity index is 1.67. The first-order valence-electron chi connectivity index (χ1n) is 12.4. The number of aryl methyl sites for hydroxylation is 1. The zero-order chi connectivity index (χ0) is 30.1. The number of benzene rings is 1. The Bertz CT molecular complexity index is 1450. The average Bonchev–Trinajstić information content (AvgIpc) is 3.40. The number of anilines is 3. The number of carboxylic acid groups (broad SMARTS) is 1. The minimum absolute atomic E-state index is 0.0176. The number of carbonyl (C=O) groups is 3. The molecule has 0 aliphatic carbocycles. The van der Waals surface area contributed by atoms with E-state index < -0.39 is 53.1 Å². The summed E-state index contributed by atoms with van der Waals surface area (Å²) in [5.41, 5.74) is -1.58. The molecule has 2 aromatic heterocycles. The number of amides is 3. The number of halogens is 3. The quantitative estimate of drug-likeness (QED) is 0.323. The maximum absolute atomic E-state index is 14.5. The molecule has 4 rings (SSSR count). The highest BCUT2D eigenvalue weighted by Gasteiger charge is 2.32. The Kier molecular flexibility index (Phi) is 8.42. The first-order chi connectivity index (χ1) is 19.2. The van der Waals surface area contributed by atoms with Crippen molar-refractivity contribution < 1.29 is 37.4 Å². The standard InChI is InChI=1S/C25H28F3N7O5S/c1-25(2,3)40-24(39)33-21-18(32-20(41-21)17-14(27)6-5-7-15(17)28)19(36)31-16-9-29-34(4)22(16)35-10-12(26)8-13(11-35)30-23(37)38/h5-7,9,12-13,30H,8,10-11H2,1-4H3,(H,31,36)(H,33,39)(H,37,38)/t12-,13-/m1/s1. The number of alkyl halides is 1. The molecular weight excluding hydrogens is 567 g/mol. The fourth-order valence-electron chi connectivity index (χ4n) is 4.33. The summed E-state index contributed by atoms with van der Waals surface area (Å²) in [7, 11) is 1.56. The van der Waals surface area contributed by atoms with Crippen molar-refractivity contribution >= 4 is 45.9 Å². The highest BCUT2D eigenvalue weighted by atomic mass is 32.1. The number of thiazole rings is 1. The molecule has 1 saturated heterocycles. The second-order valence-corrected chi connectivity index (χ2v) is 11.3. The Labute approximate surface area is 236 Å². The summed E-state index contributed by atoms with van der Waals surface area (Å²) in [6, 6.07) is 2.53. The van der Waals surface area contributed by atoms with Crippen molar-refractivity contribution in [3.05, 3.63) is 41.7 Å². The third-order valence-electron chi connectivity index (χ3n) is 5.82. The van der Waals surface area contributed by atoms with Gasteiger partial charge in [0.15, 0.2) is 11.5 Å². The van der Waals surface area contributed by atoms with Crippen LogP contribution in [0.1, 0.15) is 37.7 Å². The molecule has 1 aliphatic rings. The molecule has 4 N–H and O–H groups in total. The highest BCUT2D eigenvalue weighted by Crippen LogP contribution is 2.36. The van der Waals surface area contributed by atoms with Gasteiger partial charge >= 0.3 is 12.2 Å². The fraction of sp³-hybridized carbons (Fsp3) is 0.400. The Morgan fingerprint density at radius 3 is 2.46 bits per heavy atom. The van der Waals surface area contributed by atoms with Crippen LogP contribution >= 0.6 is 11.3 Å². The van der Waals surface area contributed by atoms with Crippen LogP contribution in [0, 0.1) is 11.6 Å². The SMILES string of the molecule is Cn1ncc(NC(=O)c2nc(-c3c(F)cccc3F)sc2NC(=O)OC(C)(C)C)c1N1C[C@H](F)C[C@@H](NC(=O)O)C1. The summed E-state index contributed by atoms with van der Waals surface area (Å²) in [5.74, 6) is -2.41. The fourth-order valence-corrected chi connectivity index (χ4v) is 5.33. The van der Waals surface area contributed by atoms with Gasteiger partial charge in [-0.15, -0.1) is 0 Å². The van der Waals surface area contributed by atoms with Crippen LogP contribution < -0.4 is 20.9 Å². The van der Waals surface area contributed by atoms with E-state index in [1.807, 2.05) is 0 Å². The zero-order valence-corrected chi connectivity index (χ0v) is 23.3. The number of aromatic nitrogens is 3. The third kappa shape index (κ3) is 7.06. The molecule has 1 aromatic carbocycles. The van der Waals surface area contributed by atoms with Gasteiger partial charge < -0.3 is 25.4 Å². The van der Waals surface area contributed by atoms with E-state index in [1.165, 1.54) is 16.9 Å². The minimum Gasteiger partial charge on any atom is -0.465 e. The molecule has 0 bridgehead atoms. The van der Waals surface area contributed by atoms with E-state index in [9.17, 15) is 27.6 Å². The van der Waals surface area contributed by atoms with Gasteiger partial charge in [0.1, 0.15) is 39.1 Å². The topological polar surface area (TPSA) is 151 Å². The highest BCUT2D eigenvalue weighted by molar-refractivity contribution is 7.19. The van der Waals surface area contributed by atoms with Crippen LogP contribution in [-0.4, -0.2) is 68.9 Å². The molecule has 1 aliphatic heterocycles. The summed E-state index contributed by atoms with van der Waals surface area (Å²) in [6.45, 7) is 4.93. The van der Waals surface area contributed by atoms with Gasteiger partial charge in [0.25, 0.3) is 5.91 Å². The molecule has 1 fully saturated rings. The van der Waals surface area contributed by atoms with Crippen LogP contribution in [0.15, 0.2) is 24.4 Å². The van der Waals surface area contributed by atoms with E-state index in [0.29, 0.717) is 11.3 Å². The summed E-state index contributed by atoms with van der Waals surface area (Å²) in [5, 5.41) is 20.2. The molecule has 3 aromatic rings. The summed E-state index contributed by atoms with van der Waals surface area (Å²) in [6.07, 6.45) is -2.29. The minimum atomic E-state index is -1.36. The molecule has 3 amide bonds. The van der Waals surface area contributed by atoms with Crippen LogP contribution in [0.3, 0.4) is 0 Å². The van der Waals surface area contributed by atoms with Crippen LogP contribution in [0.25, 0.3) is 10.6 Å². The predicted molar refractivity (Wildman–Crippen MR) is 145 cm³/mol. The Morgan fingerprint density at radius 1 is 1.15 bits per heavy atom. The monoisotopic (exact) mass is 595 g/mol. The second-order valence-electron chi connectivity index (χ2n) is 10.3. The van der Waals surface area contributed by atoms with Crippen LogP contribution in [-0.2, 0) is 11.8 Å². The van der Waals surface area contributed by atoms with Crippen molar-refractivity contribution in [2.75, 3.05) is 28.6 Å². The van der Waals surface area contributed by atoms with E-state index >= 15 is 0 Å². The predicted octanol–water partition coefficient (Wildman–Crippen LogP) is 4.61. The average molecular weight is 596 g/mol. The van der Waals surface area contributed by atoms with Crippen LogP contribution in [0.2, 0.25) is 0 Å². The van der Waals surface area contributed by atoms with Crippen LogP contribution in [0.4, 0.5) is 39.3 Å². The van der Waals surface area contributed by atoms with Gasteiger partial charge in [-0.05, 0) is 32.9 Å². The molecule has 0 saturated carbocycles. The van der Waals surface area contributed by atoms with E-state index in [2.05, 4.69) is 26.0 Å². The van der Waals surface area contributed by atoms with Crippen molar-refractivity contribution in [2.45, 2.75) is 45.0 Å². The molecule has 12 nitrogen and oxygen atoms in total.